The minimum absolute atomic E-state index is 0.613. The predicted molar refractivity (Wildman–Crippen MR) is 85.3 cm³/mol. The summed E-state index contributed by atoms with van der Waals surface area (Å²) in [6.45, 7) is 9.98. The van der Waals surface area contributed by atoms with Crippen LogP contribution in [-0.2, 0) is 6.54 Å². The Morgan fingerprint density at radius 2 is 2.11 bits per heavy atom. The SMILES string of the molecule is CCC(CNCC(C)C)N(C)Cc1csc(Br)c1. The largest absolute Gasteiger partial charge is 0.315 e. The summed E-state index contributed by atoms with van der Waals surface area (Å²) in [6.07, 6.45) is 1.19. The van der Waals surface area contributed by atoms with Gasteiger partial charge in [0.25, 0.3) is 0 Å². The molecule has 0 saturated heterocycles. The molecule has 1 unspecified atom stereocenters. The molecule has 0 amide bonds. The van der Waals surface area contributed by atoms with Gasteiger partial charge in [0.1, 0.15) is 0 Å². The Morgan fingerprint density at radius 3 is 2.61 bits per heavy atom. The Bertz CT molecular complexity index is 338. The van der Waals surface area contributed by atoms with E-state index in [1.807, 2.05) is 0 Å². The molecule has 0 saturated carbocycles. The van der Waals surface area contributed by atoms with Crippen molar-refractivity contribution in [3.8, 4) is 0 Å². The smallest absolute Gasteiger partial charge is 0.0701 e. The zero-order chi connectivity index (χ0) is 13.5. The van der Waals surface area contributed by atoms with Gasteiger partial charge in [0.05, 0.1) is 3.79 Å². The number of likely N-dealkylation sites (N-methyl/N-ethyl adjacent to an activating group) is 1. The van der Waals surface area contributed by atoms with Gasteiger partial charge in [-0.2, -0.15) is 0 Å². The Morgan fingerprint density at radius 1 is 1.39 bits per heavy atom. The van der Waals surface area contributed by atoms with Gasteiger partial charge in [0, 0.05) is 19.1 Å². The van der Waals surface area contributed by atoms with Gasteiger partial charge in [-0.1, -0.05) is 20.8 Å². The van der Waals surface area contributed by atoms with E-state index in [1.54, 1.807) is 11.3 Å². The van der Waals surface area contributed by atoms with Gasteiger partial charge in [-0.15, -0.1) is 11.3 Å². The summed E-state index contributed by atoms with van der Waals surface area (Å²) in [5.74, 6) is 0.723. The quantitative estimate of drug-likeness (QED) is 0.774. The highest BCUT2D eigenvalue weighted by Crippen LogP contribution is 2.22. The molecule has 0 aromatic carbocycles. The summed E-state index contributed by atoms with van der Waals surface area (Å²) in [5.41, 5.74) is 1.40. The van der Waals surface area contributed by atoms with E-state index in [0.717, 1.165) is 25.6 Å². The lowest BCUT2D eigenvalue weighted by molar-refractivity contribution is 0.220. The number of nitrogens with zero attached hydrogens (tertiary/aromatic N) is 1. The maximum Gasteiger partial charge on any atom is 0.0701 e. The van der Waals surface area contributed by atoms with Crippen LogP contribution in [0, 0.1) is 5.92 Å². The topological polar surface area (TPSA) is 15.3 Å². The molecule has 18 heavy (non-hydrogen) atoms. The van der Waals surface area contributed by atoms with Crippen LogP contribution in [-0.4, -0.2) is 31.1 Å². The van der Waals surface area contributed by atoms with Gasteiger partial charge < -0.3 is 5.32 Å². The van der Waals surface area contributed by atoms with Crippen molar-refractivity contribution >= 4 is 27.3 Å². The van der Waals surface area contributed by atoms with E-state index in [2.05, 4.69) is 65.4 Å². The summed E-state index contributed by atoms with van der Waals surface area (Å²) in [5, 5.41) is 5.79. The molecule has 0 bridgehead atoms. The van der Waals surface area contributed by atoms with Crippen molar-refractivity contribution < 1.29 is 0 Å². The Balaban J connectivity index is 2.39. The number of thiophene rings is 1. The molecule has 0 radical (unpaired) electrons. The maximum atomic E-state index is 3.56. The predicted octanol–water partition coefficient (Wildman–Crippen LogP) is 3.97. The Hall–Kier alpha value is 0.100. The van der Waals surface area contributed by atoms with Gasteiger partial charge in [0.15, 0.2) is 0 Å². The number of halogens is 1. The molecule has 2 nitrogen and oxygen atoms in total. The minimum atomic E-state index is 0.613. The molecule has 0 aliphatic rings. The number of hydrogen-bond donors (Lipinski definition) is 1. The molecule has 1 N–H and O–H groups in total. The zero-order valence-electron chi connectivity index (χ0n) is 11.9. The van der Waals surface area contributed by atoms with Crippen molar-refractivity contribution in [2.75, 3.05) is 20.1 Å². The van der Waals surface area contributed by atoms with Gasteiger partial charge >= 0.3 is 0 Å². The first-order valence-electron chi connectivity index (χ1n) is 6.66. The number of rotatable bonds is 8. The lowest BCUT2D eigenvalue weighted by Crippen LogP contribution is -2.40. The van der Waals surface area contributed by atoms with E-state index in [1.165, 1.54) is 15.8 Å². The van der Waals surface area contributed by atoms with Crippen LogP contribution in [0.25, 0.3) is 0 Å². The molecule has 0 fully saturated rings. The number of hydrogen-bond acceptors (Lipinski definition) is 3. The van der Waals surface area contributed by atoms with Crippen LogP contribution in [0.1, 0.15) is 32.8 Å². The van der Waals surface area contributed by atoms with Gasteiger partial charge in [0.2, 0.25) is 0 Å². The fourth-order valence-corrected chi connectivity index (χ4v) is 3.20. The summed E-state index contributed by atoms with van der Waals surface area (Å²) in [4.78, 5) is 2.45. The van der Waals surface area contributed by atoms with E-state index in [0.29, 0.717) is 6.04 Å². The van der Waals surface area contributed by atoms with E-state index in [4.69, 9.17) is 0 Å². The molecule has 1 atom stereocenters. The molecule has 1 aromatic heterocycles. The van der Waals surface area contributed by atoms with Crippen LogP contribution in [0.5, 0.6) is 0 Å². The van der Waals surface area contributed by atoms with Crippen molar-refractivity contribution in [2.45, 2.75) is 39.8 Å². The second-order valence-electron chi connectivity index (χ2n) is 5.29. The molecule has 1 rings (SSSR count). The molecule has 0 spiro atoms. The fourth-order valence-electron chi connectivity index (χ4n) is 2.00. The van der Waals surface area contributed by atoms with E-state index >= 15 is 0 Å². The molecule has 0 aliphatic carbocycles. The van der Waals surface area contributed by atoms with Crippen LogP contribution in [0.15, 0.2) is 15.2 Å². The standard InChI is InChI=1S/C14H25BrN2S/c1-5-13(8-16-7-11(2)3)17(4)9-12-6-14(15)18-10-12/h6,10-11,13,16H,5,7-9H2,1-4H3. The first kappa shape index (κ1) is 16.2. The van der Waals surface area contributed by atoms with Crippen LogP contribution < -0.4 is 5.32 Å². The molecule has 1 heterocycles. The summed E-state index contributed by atoms with van der Waals surface area (Å²) in [6, 6.07) is 2.83. The van der Waals surface area contributed by atoms with Crippen molar-refractivity contribution in [3.63, 3.8) is 0 Å². The number of nitrogens with one attached hydrogen (secondary N) is 1. The first-order chi connectivity index (χ1) is 8.52. The van der Waals surface area contributed by atoms with Gasteiger partial charge in [-0.25, -0.2) is 0 Å². The molecule has 104 valence electrons. The lowest BCUT2D eigenvalue weighted by atomic mass is 10.1. The van der Waals surface area contributed by atoms with E-state index in [9.17, 15) is 0 Å². The third-order valence-corrected chi connectivity index (χ3v) is 4.63. The third-order valence-electron chi connectivity index (χ3n) is 3.08. The van der Waals surface area contributed by atoms with Crippen LogP contribution >= 0.6 is 27.3 Å². The van der Waals surface area contributed by atoms with Crippen molar-refractivity contribution in [3.05, 3.63) is 20.8 Å². The van der Waals surface area contributed by atoms with Gasteiger partial charge in [-0.3, -0.25) is 4.90 Å². The average Bonchev–Trinajstić information content (AvgIpc) is 2.69. The van der Waals surface area contributed by atoms with Crippen LogP contribution in [0.4, 0.5) is 0 Å². The van der Waals surface area contributed by atoms with Crippen LogP contribution in [0.2, 0.25) is 0 Å². The molecule has 1 aromatic rings. The minimum Gasteiger partial charge on any atom is -0.315 e. The fraction of sp³-hybridized carbons (Fsp3) is 0.714. The van der Waals surface area contributed by atoms with Gasteiger partial charge in [-0.05, 0) is 58.9 Å². The highest BCUT2D eigenvalue weighted by molar-refractivity contribution is 9.11. The highest BCUT2D eigenvalue weighted by atomic mass is 79.9. The highest BCUT2D eigenvalue weighted by Gasteiger charge is 2.13. The summed E-state index contributed by atoms with van der Waals surface area (Å²) < 4.78 is 1.22. The van der Waals surface area contributed by atoms with Crippen molar-refractivity contribution in [1.29, 1.82) is 0 Å². The normalized spacial score (nSPS) is 13.5. The second-order valence-corrected chi connectivity index (χ2v) is 7.58. The Labute approximate surface area is 124 Å². The molecular weight excluding hydrogens is 308 g/mol. The zero-order valence-corrected chi connectivity index (χ0v) is 14.3. The second kappa shape index (κ2) is 8.31. The van der Waals surface area contributed by atoms with E-state index in [-0.39, 0.29) is 0 Å². The molecule has 4 heteroatoms. The lowest BCUT2D eigenvalue weighted by Gasteiger charge is -2.27. The summed E-state index contributed by atoms with van der Waals surface area (Å²) in [7, 11) is 2.22. The molecular formula is C14H25BrN2S. The average molecular weight is 333 g/mol. The van der Waals surface area contributed by atoms with Crippen molar-refractivity contribution in [1.82, 2.24) is 10.2 Å². The summed E-state index contributed by atoms with van der Waals surface area (Å²) >= 11 is 5.28. The maximum absolute atomic E-state index is 3.56. The first-order valence-corrected chi connectivity index (χ1v) is 8.34. The third kappa shape index (κ3) is 5.83. The molecule has 0 aliphatic heterocycles. The monoisotopic (exact) mass is 332 g/mol. The van der Waals surface area contributed by atoms with Crippen LogP contribution in [0.3, 0.4) is 0 Å². The van der Waals surface area contributed by atoms with E-state index < -0.39 is 0 Å². The Kier molecular flexibility index (Phi) is 7.46. The van der Waals surface area contributed by atoms with Crippen molar-refractivity contribution in [2.24, 2.45) is 5.92 Å².